The summed E-state index contributed by atoms with van der Waals surface area (Å²) in [5, 5.41) is 5.69. The fourth-order valence-electron chi connectivity index (χ4n) is 10.6. The molecule has 4 unspecified atom stereocenters. The number of methoxy groups -OCH3 is 8. The van der Waals surface area contributed by atoms with Crippen molar-refractivity contribution >= 4 is 132 Å². The number of anilines is 4. The molecule has 0 bridgehead atoms. The zero-order chi connectivity index (χ0) is 83.6. The number of nitrogens with one attached hydrogen (secondary N) is 2. The van der Waals surface area contributed by atoms with Crippen LogP contribution in [0.15, 0.2) is 119 Å². The van der Waals surface area contributed by atoms with Gasteiger partial charge in [-0.3, -0.25) is 24.3 Å². The Morgan fingerprint density at radius 3 is 1.25 bits per heavy atom. The van der Waals surface area contributed by atoms with Crippen LogP contribution in [-0.4, -0.2) is 171 Å². The second kappa shape index (κ2) is 57.8. The number of halogens is 4. The van der Waals surface area contributed by atoms with Crippen LogP contribution in [0, 0.1) is 62.3 Å². The van der Waals surface area contributed by atoms with E-state index in [0.29, 0.717) is 30.7 Å². The van der Waals surface area contributed by atoms with Crippen molar-refractivity contribution in [2.75, 3.05) is 115 Å². The van der Waals surface area contributed by atoms with Crippen LogP contribution in [0.4, 0.5) is 38.9 Å². The maximum atomic E-state index is 12.2. The van der Waals surface area contributed by atoms with E-state index >= 15 is 0 Å². The molecule has 6 aromatic rings. The summed E-state index contributed by atoms with van der Waals surface area (Å²) in [5.74, 6) is -1.34. The lowest BCUT2D eigenvalue weighted by Gasteiger charge is -2.31. The van der Waals surface area contributed by atoms with E-state index in [-0.39, 0.29) is 45.2 Å². The number of hydrogen-bond donors (Lipinski definition) is 2. The molecule has 25 heteroatoms. The quantitative estimate of drug-likeness (QED) is 0.0168. The topological polar surface area (TPSA) is 249 Å². The Bertz CT molecular complexity index is 3790. The Balaban J connectivity index is -0.000000601. The Labute approximate surface area is 672 Å². The van der Waals surface area contributed by atoms with Crippen molar-refractivity contribution in [2.45, 2.75) is 168 Å². The molecule has 0 heterocycles. The van der Waals surface area contributed by atoms with Crippen LogP contribution in [0.5, 0.6) is 0 Å². The van der Waals surface area contributed by atoms with Gasteiger partial charge in [-0.2, -0.15) is 0 Å². The molecule has 0 saturated carbocycles. The fourth-order valence-corrected chi connectivity index (χ4v) is 10.9. The van der Waals surface area contributed by atoms with Crippen molar-refractivity contribution in [3.05, 3.63) is 176 Å². The average molecular weight is 1600 g/mol. The van der Waals surface area contributed by atoms with Gasteiger partial charge in [0.25, 0.3) is 0 Å². The number of nitrogens with zero attached hydrogens (tertiary/aromatic N) is 4. The first-order valence-electron chi connectivity index (χ1n) is 35.5. The molecule has 0 radical (unpaired) electrons. The number of aliphatic imine (C=N–C) groups is 2. The summed E-state index contributed by atoms with van der Waals surface area (Å²) in [6.07, 6.45) is 2.36. The fraction of sp³-hybridized carbons (Fsp3) is 0.464. The Hall–Kier alpha value is -8.25. The first-order chi connectivity index (χ1) is 51.5. The molecular weight excluding hydrogens is 1470 g/mol. The standard InChI is InChI=1S/C15H22ClNO2.C14H19NO4.C13H21NO.C13H19NO.C12H17NO2.C12H15NO2.C3H5ClO2.C2H2Cl2O.2H2/c1-5-13-8-6-7-11(2)15(13)17(14(18)9-16)12(3)10-19-4;1-9-7-6-8-10(2)12(9)15(14(17)19-5)11(3)13(16)18-4;2*1-5-12-8-6-7-10(2)13(12)14-11(3)9-15-4;2*1-8-6-5-7-9(2)11(8)13-10(3)12(14)15-4;1-6-2-3(4)5;3-1-2(4)5;;/h6-8,12H,5,9-10H2,1-4H3;6-8,11H,1-5H3;6-8,11,14H,5,9H2,1-4H3;6-8H,5,9H2,1-4H3;5-7,10,13H,1-4H3;5-7H,1-4H3;2H2,1H3;1H2;2*1H. The molecule has 0 spiro atoms. The number of hydrogen-bond acceptors (Lipinski definition) is 19. The van der Waals surface area contributed by atoms with Gasteiger partial charge in [0.15, 0.2) is 0 Å². The number of benzene rings is 6. The molecule has 0 aromatic heterocycles. The second-order valence-corrected chi connectivity index (χ2v) is 26.3. The minimum Gasteiger partial charge on any atom is -0.467 e. The van der Waals surface area contributed by atoms with Gasteiger partial charge in [-0.15, -0.1) is 23.2 Å². The van der Waals surface area contributed by atoms with Crippen molar-refractivity contribution in [3.63, 3.8) is 0 Å². The highest BCUT2D eigenvalue weighted by molar-refractivity contribution is 6.67. The predicted octanol–water partition coefficient (Wildman–Crippen LogP) is 18.6. The number of esters is 3. The lowest BCUT2D eigenvalue weighted by Crippen LogP contribution is -2.44. The molecule has 2 amide bonds. The Morgan fingerprint density at radius 1 is 0.440 bits per heavy atom. The van der Waals surface area contributed by atoms with Gasteiger partial charge in [0.05, 0.1) is 82.9 Å². The minimum atomic E-state index is -0.753. The molecule has 109 heavy (non-hydrogen) atoms. The van der Waals surface area contributed by atoms with Gasteiger partial charge in [-0.1, -0.05) is 130 Å². The monoisotopic (exact) mass is 1600 g/mol. The van der Waals surface area contributed by atoms with Gasteiger partial charge < -0.3 is 53.4 Å². The number of amides is 2. The van der Waals surface area contributed by atoms with Crippen LogP contribution in [0.3, 0.4) is 0 Å². The zero-order valence-electron chi connectivity index (χ0n) is 69.0. The van der Waals surface area contributed by atoms with Crippen molar-refractivity contribution in [2.24, 2.45) is 9.98 Å². The van der Waals surface area contributed by atoms with Crippen molar-refractivity contribution in [1.29, 1.82) is 0 Å². The molecule has 0 aliphatic carbocycles. The second-order valence-electron chi connectivity index (χ2n) is 25.0. The number of rotatable bonds is 26. The van der Waals surface area contributed by atoms with Crippen LogP contribution in [0.25, 0.3) is 0 Å². The van der Waals surface area contributed by atoms with Crippen molar-refractivity contribution in [1.82, 2.24) is 0 Å². The summed E-state index contributed by atoms with van der Waals surface area (Å²) in [6.45, 7) is 37.4. The van der Waals surface area contributed by atoms with E-state index in [9.17, 15) is 33.6 Å². The maximum absolute atomic E-state index is 12.2. The number of para-hydroxylation sites is 6. The third kappa shape index (κ3) is 38.3. The van der Waals surface area contributed by atoms with E-state index in [1.54, 1.807) is 47.0 Å². The third-order valence-corrected chi connectivity index (χ3v) is 16.9. The highest BCUT2D eigenvalue weighted by Gasteiger charge is 2.31. The van der Waals surface area contributed by atoms with Gasteiger partial charge in [-0.25, -0.2) is 24.2 Å². The molecule has 0 aliphatic heterocycles. The lowest BCUT2D eigenvalue weighted by molar-refractivity contribution is -0.142. The van der Waals surface area contributed by atoms with Crippen molar-refractivity contribution < 1.29 is 74.3 Å². The van der Waals surface area contributed by atoms with Gasteiger partial charge in [0, 0.05) is 54.4 Å². The lowest BCUT2D eigenvalue weighted by atomic mass is 10.0. The van der Waals surface area contributed by atoms with E-state index in [2.05, 4.69) is 119 Å². The van der Waals surface area contributed by atoms with Gasteiger partial charge in [0.1, 0.15) is 30.3 Å². The first kappa shape index (κ1) is 103. The molecular formula is C84H124Cl4N6O15. The van der Waals surface area contributed by atoms with E-state index in [1.807, 2.05) is 129 Å². The number of carbonyl (C=O) groups excluding carboxylic acids is 7. The number of carbonyl (C=O) groups is 7. The summed E-state index contributed by atoms with van der Waals surface area (Å²) in [4.78, 5) is 89.4. The van der Waals surface area contributed by atoms with Crippen molar-refractivity contribution in [3.8, 4) is 0 Å². The minimum absolute atomic E-state index is 0. The van der Waals surface area contributed by atoms with Crippen LogP contribution in [0.1, 0.15) is 132 Å². The molecule has 2 N–H and O–H groups in total. The smallest absolute Gasteiger partial charge is 0.414 e. The molecule has 4 atom stereocenters. The van der Waals surface area contributed by atoms with Crippen LogP contribution < -0.4 is 20.4 Å². The molecule has 0 saturated heterocycles. The predicted molar refractivity (Wildman–Crippen MR) is 453 cm³/mol. The summed E-state index contributed by atoms with van der Waals surface area (Å²) < 4.78 is 38.4. The maximum Gasteiger partial charge on any atom is 0.414 e. The zero-order valence-corrected chi connectivity index (χ0v) is 72.0. The summed E-state index contributed by atoms with van der Waals surface area (Å²) in [7, 11) is 11.8. The van der Waals surface area contributed by atoms with E-state index in [0.717, 1.165) is 98.8 Å². The average Bonchev–Trinajstić information content (AvgIpc) is 0.809. The van der Waals surface area contributed by atoms with E-state index < -0.39 is 34.6 Å². The molecule has 0 aliphatic rings. The number of aryl methyl sites for hydroxylation is 12. The molecule has 6 aromatic carbocycles. The molecule has 608 valence electrons. The number of ether oxygens (including phenoxy) is 8. The SMILES string of the molecule is CCc1cccc(C)c1N(C(=O)CCl)C(C)COC.CCc1cccc(C)c1N=C(C)COC.CCc1cccc(C)c1NC(C)COC.COC(=O)C(C)=Nc1c(C)cccc1C.COC(=O)C(C)N(C(=O)OC)c1c(C)cccc1C.COC(=O)C(C)Nc1c(C)cccc1C.COCC(=O)Cl.O=C(Cl)CCl.[HH].[HH]. The molecule has 21 nitrogen and oxygen atoms in total. The summed E-state index contributed by atoms with van der Waals surface area (Å²) >= 11 is 20.1. The normalized spacial score (nSPS) is 11.5. The largest absolute Gasteiger partial charge is 0.467 e. The highest BCUT2D eigenvalue weighted by Crippen LogP contribution is 2.31. The third-order valence-electron chi connectivity index (χ3n) is 16.0. The molecule has 0 fully saturated rings. The molecule has 6 rings (SSSR count). The first-order valence-corrected chi connectivity index (χ1v) is 37.3. The van der Waals surface area contributed by atoms with E-state index in [4.69, 9.17) is 70.1 Å². The van der Waals surface area contributed by atoms with Crippen LogP contribution >= 0.6 is 46.4 Å². The van der Waals surface area contributed by atoms with Gasteiger partial charge in [-0.05, 0) is 213 Å². The van der Waals surface area contributed by atoms with Crippen LogP contribution in [-0.2, 0) is 85.9 Å². The van der Waals surface area contributed by atoms with E-state index in [1.165, 1.54) is 68.4 Å². The van der Waals surface area contributed by atoms with Crippen LogP contribution in [0.2, 0.25) is 0 Å². The van der Waals surface area contributed by atoms with Gasteiger partial charge >= 0.3 is 24.0 Å². The Kier molecular flexibility index (Phi) is 54.5. The van der Waals surface area contributed by atoms with Gasteiger partial charge in [0.2, 0.25) is 16.4 Å². The summed E-state index contributed by atoms with van der Waals surface area (Å²) in [5.41, 5.74) is 20.8. The summed E-state index contributed by atoms with van der Waals surface area (Å²) in [6, 6.07) is 35.6. The highest BCUT2D eigenvalue weighted by atomic mass is 35.5. The number of alkyl halides is 2. The Morgan fingerprint density at radius 2 is 0.853 bits per heavy atom.